The number of hydrogen-bond acceptors (Lipinski definition) is 0. The van der Waals surface area contributed by atoms with Gasteiger partial charge in [0.25, 0.3) is 0 Å². The van der Waals surface area contributed by atoms with Crippen LogP contribution in [0.25, 0.3) is 17.2 Å². The Morgan fingerprint density at radius 1 is 1.00 bits per heavy atom. The van der Waals surface area contributed by atoms with Gasteiger partial charge in [-0.05, 0) is 53.9 Å². The van der Waals surface area contributed by atoms with Crippen LogP contribution in [0, 0.1) is 18.7 Å². The fourth-order valence-corrected chi connectivity index (χ4v) is 3.67. The van der Waals surface area contributed by atoms with E-state index in [4.69, 9.17) is 0 Å². The van der Waals surface area contributed by atoms with Gasteiger partial charge in [0.2, 0.25) is 0 Å². The Hall–Kier alpha value is -1.89. The van der Waals surface area contributed by atoms with Gasteiger partial charge in [0, 0.05) is 5.56 Å². The Bertz CT molecular complexity index is 689. The van der Waals surface area contributed by atoms with Crippen LogP contribution < -0.4 is 0 Å². The number of rotatable bonds is 3. The standard InChI is InChI=1S/C22H25F/c1-4-17-10-7-16(3)22(23)21(17)20-13-11-19(12-14-20)18-8-5-15(2)6-9-18/h4,7,10-15,18H,1,5-6,8-9H2,2-3H3. The van der Waals surface area contributed by atoms with Crippen molar-refractivity contribution < 1.29 is 4.39 Å². The molecule has 0 radical (unpaired) electrons. The Morgan fingerprint density at radius 2 is 1.65 bits per heavy atom. The molecule has 2 aromatic carbocycles. The van der Waals surface area contributed by atoms with Crippen molar-refractivity contribution in [1.82, 2.24) is 0 Å². The molecule has 0 nitrogen and oxygen atoms in total. The molecule has 0 unspecified atom stereocenters. The van der Waals surface area contributed by atoms with Crippen molar-refractivity contribution in [2.45, 2.75) is 45.4 Å². The molecular weight excluding hydrogens is 283 g/mol. The van der Waals surface area contributed by atoms with E-state index in [0.29, 0.717) is 17.0 Å². The highest BCUT2D eigenvalue weighted by Gasteiger charge is 2.20. The van der Waals surface area contributed by atoms with Gasteiger partial charge in [-0.3, -0.25) is 0 Å². The number of hydrogen-bond donors (Lipinski definition) is 0. The van der Waals surface area contributed by atoms with Crippen LogP contribution in [0.1, 0.15) is 55.2 Å². The minimum Gasteiger partial charge on any atom is -0.206 e. The van der Waals surface area contributed by atoms with Crippen LogP contribution in [0.3, 0.4) is 0 Å². The molecule has 0 aliphatic heterocycles. The number of halogens is 1. The molecule has 0 amide bonds. The highest BCUT2D eigenvalue weighted by molar-refractivity contribution is 5.76. The minimum absolute atomic E-state index is 0.137. The van der Waals surface area contributed by atoms with E-state index in [2.05, 4.69) is 37.8 Å². The SMILES string of the molecule is C=Cc1ccc(C)c(F)c1-c1ccc(C2CCC(C)CC2)cc1. The summed E-state index contributed by atoms with van der Waals surface area (Å²) in [6.07, 6.45) is 6.92. The van der Waals surface area contributed by atoms with Crippen molar-refractivity contribution in [2.24, 2.45) is 5.92 Å². The molecule has 1 saturated carbocycles. The first-order valence-electron chi connectivity index (χ1n) is 8.62. The van der Waals surface area contributed by atoms with E-state index in [0.717, 1.165) is 17.0 Å². The van der Waals surface area contributed by atoms with Crippen LogP contribution in [0.15, 0.2) is 43.0 Å². The maximum Gasteiger partial charge on any atom is 0.134 e. The summed E-state index contributed by atoms with van der Waals surface area (Å²) in [5, 5.41) is 0. The van der Waals surface area contributed by atoms with Crippen molar-refractivity contribution in [3.8, 4) is 11.1 Å². The summed E-state index contributed by atoms with van der Waals surface area (Å²) in [6, 6.07) is 12.3. The van der Waals surface area contributed by atoms with Crippen LogP contribution >= 0.6 is 0 Å². The van der Waals surface area contributed by atoms with E-state index in [1.165, 1.54) is 31.2 Å². The fourth-order valence-electron chi connectivity index (χ4n) is 3.67. The maximum absolute atomic E-state index is 14.6. The molecule has 0 heterocycles. The van der Waals surface area contributed by atoms with E-state index in [1.54, 1.807) is 6.08 Å². The largest absolute Gasteiger partial charge is 0.206 e. The van der Waals surface area contributed by atoms with Gasteiger partial charge >= 0.3 is 0 Å². The minimum atomic E-state index is -0.137. The predicted molar refractivity (Wildman–Crippen MR) is 97.0 cm³/mol. The van der Waals surface area contributed by atoms with Crippen LogP contribution in [0.2, 0.25) is 0 Å². The number of benzene rings is 2. The quantitative estimate of drug-likeness (QED) is 0.589. The second kappa shape index (κ2) is 6.70. The summed E-state index contributed by atoms with van der Waals surface area (Å²) in [4.78, 5) is 0. The molecule has 0 N–H and O–H groups in total. The molecule has 1 aliphatic rings. The molecule has 3 rings (SSSR count). The molecule has 0 atom stereocenters. The van der Waals surface area contributed by atoms with Gasteiger partial charge in [0.1, 0.15) is 5.82 Å². The van der Waals surface area contributed by atoms with Gasteiger partial charge in [-0.2, -0.15) is 0 Å². The Kier molecular flexibility index (Phi) is 4.66. The normalized spacial score (nSPS) is 21.2. The lowest BCUT2D eigenvalue weighted by Crippen LogP contribution is -2.10. The predicted octanol–water partition coefficient (Wildman–Crippen LogP) is 6.74. The summed E-state index contributed by atoms with van der Waals surface area (Å²) in [7, 11) is 0. The van der Waals surface area contributed by atoms with Crippen molar-refractivity contribution in [2.75, 3.05) is 0 Å². The highest BCUT2D eigenvalue weighted by Crippen LogP contribution is 2.37. The van der Waals surface area contributed by atoms with E-state index >= 15 is 0 Å². The molecule has 23 heavy (non-hydrogen) atoms. The van der Waals surface area contributed by atoms with Gasteiger partial charge in [-0.25, -0.2) is 4.39 Å². The third-order valence-corrected chi connectivity index (χ3v) is 5.27. The van der Waals surface area contributed by atoms with Crippen molar-refractivity contribution in [3.63, 3.8) is 0 Å². The zero-order chi connectivity index (χ0) is 16.4. The summed E-state index contributed by atoms with van der Waals surface area (Å²) >= 11 is 0. The van der Waals surface area contributed by atoms with Gasteiger partial charge in [0.05, 0.1) is 0 Å². The summed E-state index contributed by atoms with van der Waals surface area (Å²) in [5.41, 5.74) is 4.54. The van der Waals surface area contributed by atoms with E-state index in [9.17, 15) is 4.39 Å². The zero-order valence-electron chi connectivity index (χ0n) is 14.1. The molecule has 2 aromatic rings. The van der Waals surface area contributed by atoms with Gasteiger partial charge in [-0.15, -0.1) is 0 Å². The average Bonchev–Trinajstić information content (AvgIpc) is 2.58. The molecule has 1 aliphatic carbocycles. The monoisotopic (exact) mass is 308 g/mol. The third-order valence-electron chi connectivity index (χ3n) is 5.27. The first kappa shape index (κ1) is 16.0. The topological polar surface area (TPSA) is 0 Å². The molecular formula is C22H25F. The molecule has 1 fully saturated rings. The molecule has 0 spiro atoms. The molecule has 0 bridgehead atoms. The zero-order valence-corrected chi connectivity index (χ0v) is 14.1. The van der Waals surface area contributed by atoms with Crippen molar-refractivity contribution in [1.29, 1.82) is 0 Å². The lowest BCUT2D eigenvalue weighted by Gasteiger charge is -2.26. The second-order valence-electron chi connectivity index (χ2n) is 6.94. The molecule has 120 valence electrons. The second-order valence-corrected chi connectivity index (χ2v) is 6.94. The van der Waals surface area contributed by atoms with Crippen molar-refractivity contribution in [3.05, 3.63) is 65.5 Å². The van der Waals surface area contributed by atoms with Gasteiger partial charge in [-0.1, -0.05) is 68.8 Å². The lowest BCUT2D eigenvalue weighted by atomic mass is 9.79. The third kappa shape index (κ3) is 3.24. The van der Waals surface area contributed by atoms with Crippen LogP contribution in [0.4, 0.5) is 4.39 Å². The molecule has 1 heteroatoms. The lowest BCUT2D eigenvalue weighted by molar-refractivity contribution is 0.348. The van der Waals surface area contributed by atoms with E-state index in [-0.39, 0.29) is 5.82 Å². The van der Waals surface area contributed by atoms with E-state index in [1.807, 2.05) is 19.1 Å². The first-order valence-corrected chi connectivity index (χ1v) is 8.62. The smallest absolute Gasteiger partial charge is 0.134 e. The number of aryl methyl sites for hydroxylation is 1. The van der Waals surface area contributed by atoms with Gasteiger partial charge < -0.3 is 0 Å². The van der Waals surface area contributed by atoms with E-state index < -0.39 is 0 Å². The Labute approximate surface area is 139 Å². The maximum atomic E-state index is 14.6. The van der Waals surface area contributed by atoms with Crippen LogP contribution in [0.5, 0.6) is 0 Å². The highest BCUT2D eigenvalue weighted by atomic mass is 19.1. The first-order chi connectivity index (χ1) is 11.1. The molecule has 0 saturated heterocycles. The summed E-state index contributed by atoms with van der Waals surface area (Å²) < 4.78 is 14.6. The van der Waals surface area contributed by atoms with Gasteiger partial charge in [0.15, 0.2) is 0 Å². The Balaban J connectivity index is 1.91. The average molecular weight is 308 g/mol. The Morgan fingerprint density at radius 3 is 2.26 bits per heavy atom. The van der Waals surface area contributed by atoms with Crippen LogP contribution in [-0.2, 0) is 0 Å². The van der Waals surface area contributed by atoms with Crippen molar-refractivity contribution >= 4 is 6.08 Å². The summed E-state index contributed by atoms with van der Waals surface area (Å²) in [6.45, 7) is 7.97. The van der Waals surface area contributed by atoms with Crippen LogP contribution in [-0.4, -0.2) is 0 Å². The molecule has 0 aromatic heterocycles. The summed E-state index contributed by atoms with van der Waals surface area (Å²) in [5.74, 6) is 1.39. The fraction of sp³-hybridized carbons (Fsp3) is 0.364.